The van der Waals surface area contributed by atoms with Crippen molar-refractivity contribution in [2.45, 2.75) is 25.5 Å². The summed E-state index contributed by atoms with van der Waals surface area (Å²) in [4.78, 5) is 29.4. The molecule has 7 nitrogen and oxygen atoms in total. The number of methoxy groups -OCH3 is 1. The Morgan fingerprint density at radius 2 is 1.91 bits per heavy atom. The van der Waals surface area contributed by atoms with Gasteiger partial charge in [-0.25, -0.2) is 0 Å². The molecule has 2 aromatic carbocycles. The first-order chi connectivity index (χ1) is 15.3. The number of likely N-dealkylation sites (tertiary alicyclic amines) is 1. The number of anilines is 1. The standard InChI is InChI=1S/C25H28N2O5/c1-15-13-18-14-17(7-10-20(18)32-15)23(28)21-22(16-5-8-19(9-6-16)26(2)3)27(11-12-31-4)25(30)24(21)29/h5-10,14-15,22,28H,11-13H2,1-4H3/t15-,22-/m0/s1. The Balaban J connectivity index is 1.81. The molecule has 32 heavy (non-hydrogen) atoms. The van der Waals surface area contributed by atoms with Crippen LogP contribution in [0, 0.1) is 0 Å². The summed E-state index contributed by atoms with van der Waals surface area (Å²) in [6.07, 6.45) is 0.797. The van der Waals surface area contributed by atoms with E-state index in [4.69, 9.17) is 9.47 Å². The number of Topliss-reactive ketones (excluding diaryl/α,β-unsaturated/α-hetero) is 1. The van der Waals surface area contributed by atoms with Crippen LogP contribution in [0.2, 0.25) is 0 Å². The van der Waals surface area contributed by atoms with Crippen LogP contribution in [0.1, 0.15) is 29.7 Å². The summed E-state index contributed by atoms with van der Waals surface area (Å²) >= 11 is 0. The molecule has 2 aromatic rings. The van der Waals surface area contributed by atoms with Crippen molar-refractivity contribution < 1.29 is 24.2 Å². The van der Waals surface area contributed by atoms with Crippen LogP contribution in [-0.2, 0) is 20.7 Å². The average molecular weight is 437 g/mol. The minimum absolute atomic E-state index is 0.0669. The van der Waals surface area contributed by atoms with E-state index in [9.17, 15) is 14.7 Å². The number of benzene rings is 2. The maximum atomic E-state index is 13.1. The lowest BCUT2D eigenvalue weighted by atomic mass is 9.94. The van der Waals surface area contributed by atoms with E-state index in [-0.39, 0.29) is 30.6 Å². The molecular weight excluding hydrogens is 408 g/mol. The van der Waals surface area contributed by atoms with Gasteiger partial charge in [0.15, 0.2) is 0 Å². The van der Waals surface area contributed by atoms with Crippen molar-refractivity contribution in [2.24, 2.45) is 0 Å². The van der Waals surface area contributed by atoms with Crippen LogP contribution >= 0.6 is 0 Å². The monoisotopic (exact) mass is 436 g/mol. The Hall–Kier alpha value is -3.32. The minimum atomic E-state index is -0.690. The van der Waals surface area contributed by atoms with E-state index >= 15 is 0 Å². The first-order valence-corrected chi connectivity index (χ1v) is 10.7. The van der Waals surface area contributed by atoms with Crippen LogP contribution in [0.25, 0.3) is 5.76 Å². The number of hydrogen-bond acceptors (Lipinski definition) is 6. The van der Waals surface area contributed by atoms with Gasteiger partial charge in [0.1, 0.15) is 17.6 Å². The molecule has 1 amide bonds. The van der Waals surface area contributed by atoms with Crippen molar-refractivity contribution >= 4 is 23.1 Å². The first-order valence-electron chi connectivity index (χ1n) is 10.7. The Morgan fingerprint density at radius 3 is 2.56 bits per heavy atom. The quantitative estimate of drug-likeness (QED) is 0.426. The Labute approximate surface area is 187 Å². The third-order valence-electron chi connectivity index (χ3n) is 5.97. The molecule has 7 heteroatoms. The lowest BCUT2D eigenvalue weighted by Gasteiger charge is -2.25. The van der Waals surface area contributed by atoms with Crippen LogP contribution in [0.5, 0.6) is 5.75 Å². The molecule has 0 aromatic heterocycles. The van der Waals surface area contributed by atoms with Gasteiger partial charge in [-0.15, -0.1) is 0 Å². The van der Waals surface area contributed by atoms with E-state index in [2.05, 4.69) is 0 Å². The number of aliphatic hydroxyl groups excluding tert-OH is 1. The molecule has 0 saturated carbocycles. The van der Waals surface area contributed by atoms with Crippen LogP contribution in [0.4, 0.5) is 5.69 Å². The summed E-state index contributed by atoms with van der Waals surface area (Å²) < 4.78 is 10.9. The third kappa shape index (κ3) is 3.84. The number of nitrogens with zero attached hydrogens (tertiary/aromatic N) is 2. The molecule has 0 spiro atoms. The van der Waals surface area contributed by atoms with Crippen molar-refractivity contribution in [3.8, 4) is 5.75 Å². The SMILES string of the molecule is COCCN1C(=O)C(=O)C(=C(O)c2ccc3c(c2)C[C@H](C)O3)[C@@H]1c1ccc(N(C)C)cc1. The van der Waals surface area contributed by atoms with E-state index in [1.54, 1.807) is 19.2 Å². The molecule has 168 valence electrons. The number of fused-ring (bicyclic) bond motifs is 1. The molecule has 0 aliphatic carbocycles. The van der Waals surface area contributed by atoms with Gasteiger partial charge >= 0.3 is 0 Å². The molecular formula is C25H28N2O5. The molecule has 2 atom stereocenters. The van der Waals surface area contributed by atoms with E-state index in [1.165, 1.54) is 4.90 Å². The number of ether oxygens (including phenoxy) is 2. The van der Waals surface area contributed by atoms with Crippen molar-refractivity contribution in [3.05, 3.63) is 64.7 Å². The molecule has 1 saturated heterocycles. The average Bonchev–Trinajstić information content (AvgIpc) is 3.27. The number of ketones is 1. The number of carbonyl (C=O) groups is 2. The molecule has 4 rings (SSSR count). The number of carbonyl (C=O) groups excluding carboxylic acids is 2. The second kappa shape index (κ2) is 8.67. The number of hydrogen-bond donors (Lipinski definition) is 1. The molecule has 0 unspecified atom stereocenters. The zero-order valence-corrected chi connectivity index (χ0v) is 18.8. The van der Waals surface area contributed by atoms with Crippen LogP contribution in [0.15, 0.2) is 48.0 Å². The lowest BCUT2D eigenvalue weighted by Crippen LogP contribution is -2.32. The van der Waals surface area contributed by atoms with Gasteiger partial charge in [-0.1, -0.05) is 12.1 Å². The second-order valence-corrected chi connectivity index (χ2v) is 8.43. The fourth-order valence-electron chi connectivity index (χ4n) is 4.33. The minimum Gasteiger partial charge on any atom is -0.507 e. The molecule has 2 aliphatic heterocycles. The zero-order valence-electron chi connectivity index (χ0n) is 18.8. The predicted octanol–water partition coefficient (Wildman–Crippen LogP) is 3.14. The maximum absolute atomic E-state index is 13.1. The Bertz CT molecular complexity index is 1070. The maximum Gasteiger partial charge on any atom is 0.295 e. The van der Waals surface area contributed by atoms with E-state index < -0.39 is 17.7 Å². The molecule has 2 heterocycles. The summed E-state index contributed by atoms with van der Waals surface area (Å²) in [6, 6.07) is 12.3. The van der Waals surface area contributed by atoms with Gasteiger partial charge in [0.05, 0.1) is 18.2 Å². The topological polar surface area (TPSA) is 79.3 Å². The molecule has 2 aliphatic rings. The van der Waals surface area contributed by atoms with Crippen molar-refractivity contribution in [1.82, 2.24) is 4.90 Å². The highest BCUT2D eigenvalue weighted by Crippen LogP contribution is 2.40. The molecule has 1 fully saturated rings. The molecule has 1 N–H and O–H groups in total. The van der Waals surface area contributed by atoms with Gasteiger partial charge in [-0.05, 0) is 48.4 Å². The smallest absolute Gasteiger partial charge is 0.295 e. The van der Waals surface area contributed by atoms with Crippen molar-refractivity contribution in [1.29, 1.82) is 0 Å². The second-order valence-electron chi connectivity index (χ2n) is 8.43. The largest absolute Gasteiger partial charge is 0.507 e. The van der Waals surface area contributed by atoms with Crippen LogP contribution in [-0.4, -0.2) is 62.2 Å². The van der Waals surface area contributed by atoms with E-state index in [0.29, 0.717) is 5.56 Å². The van der Waals surface area contributed by atoms with E-state index in [1.807, 2.05) is 56.3 Å². The van der Waals surface area contributed by atoms with Gasteiger partial charge in [0, 0.05) is 45.4 Å². The van der Waals surface area contributed by atoms with Gasteiger partial charge < -0.3 is 24.4 Å². The predicted molar refractivity (Wildman–Crippen MR) is 122 cm³/mol. The van der Waals surface area contributed by atoms with Crippen molar-refractivity contribution in [3.63, 3.8) is 0 Å². The number of amides is 1. The van der Waals surface area contributed by atoms with Gasteiger partial charge in [0.25, 0.3) is 11.7 Å². The molecule has 0 radical (unpaired) electrons. The summed E-state index contributed by atoms with van der Waals surface area (Å²) in [5, 5.41) is 11.2. The fourth-order valence-corrected chi connectivity index (χ4v) is 4.33. The normalized spacial score (nSPS) is 21.6. The number of aliphatic hydroxyl groups is 1. The fraction of sp³-hybridized carbons (Fsp3) is 0.360. The summed E-state index contributed by atoms with van der Waals surface area (Å²) in [6.45, 7) is 2.51. The summed E-state index contributed by atoms with van der Waals surface area (Å²) in [7, 11) is 5.43. The lowest BCUT2D eigenvalue weighted by molar-refractivity contribution is -0.140. The highest BCUT2D eigenvalue weighted by atomic mass is 16.5. The number of rotatable bonds is 6. The highest BCUT2D eigenvalue weighted by Gasteiger charge is 2.46. The highest BCUT2D eigenvalue weighted by molar-refractivity contribution is 6.46. The first kappa shape index (κ1) is 21.9. The third-order valence-corrected chi connectivity index (χ3v) is 5.97. The Kier molecular flexibility index (Phi) is 5.93. The van der Waals surface area contributed by atoms with Crippen LogP contribution in [0.3, 0.4) is 0 Å². The van der Waals surface area contributed by atoms with Gasteiger partial charge in [-0.3, -0.25) is 9.59 Å². The van der Waals surface area contributed by atoms with Gasteiger partial charge in [-0.2, -0.15) is 0 Å². The van der Waals surface area contributed by atoms with Gasteiger partial charge in [0.2, 0.25) is 0 Å². The van der Waals surface area contributed by atoms with Crippen molar-refractivity contribution in [2.75, 3.05) is 39.3 Å². The Morgan fingerprint density at radius 1 is 1.19 bits per heavy atom. The molecule has 0 bridgehead atoms. The summed E-state index contributed by atoms with van der Waals surface area (Å²) in [5.74, 6) is -0.716. The van der Waals surface area contributed by atoms with Crippen LogP contribution < -0.4 is 9.64 Å². The van der Waals surface area contributed by atoms with E-state index in [0.717, 1.165) is 29.0 Å². The zero-order chi connectivity index (χ0) is 23.0. The summed E-state index contributed by atoms with van der Waals surface area (Å²) in [5.41, 5.74) is 3.32.